The van der Waals surface area contributed by atoms with Crippen molar-refractivity contribution >= 4 is 12.2 Å². The molecule has 1 saturated heterocycles. The van der Waals surface area contributed by atoms with Crippen molar-refractivity contribution in [2.75, 3.05) is 27.2 Å². The first-order valence-electron chi connectivity index (χ1n) is 5.45. The smallest absolute Gasteiger partial charge is 0.220 e. The van der Waals surface area contributed by atoms with Crippen molar-refractivity contribution in [3.63, 3.8) is 0 Å². The van der Waals surface area contributed by atoms with Crippen molar-refractivity contribution in [2.24, 2.45) is 5.41 Å². The van der Waals surface area contributed by atoms with Gasteiger partial charge in [-0.25, -0.2) is 0 Å². The lowest BCUT2D eigenvalue weighted by Crippen LogP contribution is -2.41. The summed E-state index contributed by atoms with van der Waals surface area (Å²) in [5.41, 5.74) is -0.0889. The molecule has 0 unspecified atom stereocenters. The van der Waals surface area contributed by atoms with Crippen molar-refractivity contribution in [3.05, 3.63) is 0 Å². The van der Waals surface area contributed by atoms with Crippen molar-refractivity contribution < 1.29 is 9.59 Å². The van der Waals surface area contributed by atoms with E-state index < -0.39 is 0 Å². The Morgan fingerprint density at radius 2 is 2.07 bits per heavy atom. The molecule has 86 valence electrons. The molecule has 0 saturated carbocycles. The number of hydrogen-bond acceptors (Lipinski definition) is 3. The second kappa shape index (κ2) is 5.26. The van der Waals surface area contributed by atoms with Gasteiger partial charge in [-0.2, -0.15) is 0 Å². The second-order valence-electron chi connectivity index (χ2n) is 4.52. The predicted molar refractivity (Wildman–Crippen MR) is 58.5 cm³/mol. The van der Waals surface area contributed by atoms with Crippen LogP contribution in [0.2, 0.25) is 0 Å². The van der Waals surface area contributed by atoms with E-state index in [-0.39, 0.29) is 11.3 Å². The Morgan fingerprint density at radius 3 is 2.53 bits per heavy atom. The Kier molecular flexibility index (Phi) is 4.27. The van der Waals surface area contributed by atoms with Gasteiger partial charge in [-0.05, 0) is 38.4 Å². The Hall–Kier alpha value is -0.900. The van der Waals surface area contributed by atoms with Crippen LogP contribution in [0.25, 0.3) is 0 Å². The number of piperidine rings is 1. The molecule has 1 rings (SSSR count). The third-order valence-electron chi connectivity index (χ3n) is 3.38. The van der Waals surface area contributed by atoms with Gasteiger partial charge in [-0.1, -0.05) is 0 Å². The quantitative estimate of drug-likeness (QED) is 0.687. The highest BCUT2D eigenvalue weighted by Crippen LogP contribution is 2.37. The molecule has 15 heavy (non-hydrogen) atoms. The zero-order chi connectivity index (χ0) is 11.3. The molecular formula is C11H20N2O2. The molecule has 0 atom stereocenters. The van der Waals surface area contributed by atoms with Crippen LogP contribution >= 0.6 is 0 Å². The van der Waals surface area contributed by atoms with Gasteiger partial charge in [-0.3, -0.25) is 4.79 Å². The minimum Gasteiger partial charge on any atom is -0.359 e. The first-order valence-corrected chi connectivity index (χ1v) is 5.45. The van der Waals surface area contributed by atoms with Crippen molar-refractivity contribution in [1.29, 1.82) is 0 Å². The van der Waals surface area contributed by atoms with Crippen LogP contribution in [-0.4, -0.2) is 44.3 Å². The SMILES string of the molecule is CNC(=O)CC1(CC=O)CCN(C)CC1. The number of aldehydes is 1. The summed E-state index contributed by atoms with van der Waals surface area (Å²) in [5.74, 6) is 0.0430. The van der Waals surface area contributed by atoms with Crippen LogP contribution in [0.15, 0.2) is 0 Å². The zero-order valence-corrected chi connectivity index (χ0v) is 9.58. The number of rotatable bonds is 4. The lowest BCUT2D eigenvalue weighted by molar-refractivity contribution is -0.124. The van der Waals surface area contributed by atoms with Crippen molar-refractivity contribution in [1.82, 2.24) is 10.2 Å². The molecule has 0 aromatic heterocycles. The lowest BCUT2D eigenvalue weighted by Gasteiger charge is -2.39. The third kappa shape index (κ3) is 3.30. The molecule has 0 aliphatic carbocycles. The molecular weight excluding hydrogens is 192 g/mol. The van der Waals surface area contributed by atoms with Gasteiger partial charge in [0.05, 0.1) is 0 Å². The summed E-state index contributed by atoms with van der Waals surface area (Å²) in [6.07, 6.45) is 3.82. The van der Waals surface area contributed by atoms with Gasteiger partial charge >= 0.3 is 0 Å². The van der Waals surface area contributed by atoms with E-state index in [9.17, 15) is 9.59 Å². The van der Waals surface area contributed by atoms with E-state index in [0.29, 0.717) is 12.8 Å². The number of likely N-dealkylation sites (tertiary alicyclic amines) is 1. The van der Waals surface area contributed by atoms with Crippen molar-refractivity contribution in [3.8, 4) is 0 Å². The largest absolute Gasteiger partial charge is 0.359 e. The Balaban J connectivity index is 2.61. The van der Waals surface area contributed by atoms with Gasteiger partial charge in [0.25, 0.3) is 0 Å². The first-order chi connectivity index (χ1) is 7.12. The number of nitrogens with one attached hydrogen (secondary N) is 1. The Morgan fingerprint density at radius 1 is 1.47 bits per heavy atom. The van der Waals surface area contributed by atoms with E-state index in [2.05, 4.69) is 17.3 Å². The molecule has 1 N–H and O–H groups in total. The summed E-state index contributed by atoms with van der Waals surface area (Å²) in [6, 6.07) is 0. The van der Waals surface area contributed by atoms with E-state index in [1.54, 1.807) is 7.05 Å². The molecule has 4 heteroatoms. The maximum Gasteiger partial charge on any atom is 0.220 e. The molecule has 0 spiro atoms. The Labute approximate surface area is 91.0 Å². The normalized spacial score (nSPS) is 20.9. The first kappa shape index (κ1) is 12.2. The maximum absolute atomic E-state index is 11.4. The van der Waals surface area contributed by atoms with Gasteiger partial charge < -0.3 is 15.0 Å². The van der Waals surface area contributed by atoms with Gasteiger partial charge in [0.15, 0.2) is 0 Å². The molecule has 4 nitrogen and oxygen atoms in total. The van der Waals surface area contributed by atoms with Gasteiger partial charge in [-0.15, -0.1) is 0 Å². The summed E-state index contributed by atoms with van der Waals surface area (Å²) in [6.45, 7) is 1.95. The number of carbonyl (C=O) groups excluding carboxylic acids is 2. The molecule has 1 aliphatic rings. The van der Waals surface area contributed by atoms with Crippen LogP contribution < -0.4 is 5.32 Å². The molecule has 0 bridgehead atoms. The number of hydrogen-bond donors (Lipinski definition) is 1. The standard InChI is InChI=1S/C11H20N2O2/c1-12-10(15)9-11(5-8-14)3-6-13(2)7-4-11/h8H,3-7,9H2,1-2H3,(H,12,15). The number of carbonyl (C=O) groups is 2. The van der Waals surface area contributed by atoms with Crippen LogP contribution in [0.1, 0.15) is 25.7 Å². The van der Waals surface area contributed by atoms with Crippen LogP contribution in [0.3, 0.4) is 0 Å². The highest BCUT2D eigenvalue weighted by molar-refractivity contribution is 5.76. The monoisotopic (exact) mass is 212 g/mol. The van der Waals surface area contributed by atoms with Gasteiger partial charge in [0.1, 0.15) is 6.29 Å². The van der Waals surface area contributed by atoms with Gasteiger partial charge in [0.2, 0.25) is 5.91 Å². The fourth-order valence-corrected chi connectivity index (χ4v) is 2.15. The van der Waals surface area contributed by atoms with Crippen LogP contribution in [-0.2, 0) is 9.59 Å². The highest BCUT2D eigenvalue weighted by Gasteiger charge is 2.35. The summed E-state index contributed by atoms with van der Waals surface area (Å²) < 4.78 is 0. The summed E-state index contributed by atoms with van der Waals surface area (Å²) in [5, 5.41) is 2.64. The molecule has 1 heterocycles. The molecule has 1 fully saturated rings. The van der Waals surface area contributed by atoms with Gasteiger partial charge in [0, 0.05) is 19.9 Å². The second-order valence-corrected chi connectivity index (χ2v) is 4.52. The van der Waals surface area contributed by atoms with Crippen LogP contribution in [0.5, 0.6) is 0 Å². The number of nitrogens with zero attached hydrogens (tertiary/aromatic N) is 1. The molecule has 0 aromatic rings. The molecule has 0 radical (unpaired) electrons. The van der Waals surface area contributed by atoms with E-state index in [0.717, 1.165) is 32.2 Å². The minimum atomic E-state index is -0.0889. The average molecular weight is 212 g/mol. The minimum absolute atomic E-state index is 0.0430. The van der Waals surface area contributed by atoms with E-state index in [4.69, 9.17) is 0 Å². The summed E-state index contributed by atoms with van der Waals surface area (Å²) >= 11 is 0. The molecule has 0 aromatic carbocycles. The molecule has 1 amide bonds. The van der Waals surface area contributed by atoms with Crippen LogP contribution in [0.4, 0.5) is 0 Å². The zero-order valence-electron chi connectivity index (χ0n) is 9.58. The van der Waals surface area contributed by atoms with Crippen LogP contribution in [0, 0.1) is 5.41 Å². The predicted octanol–water partition coefficient (Wildman–Crippen LogP) is 0.424. The highest BCUT2D eigenvalue weighted by atomic mass is 16.1. The summed E-state index contributed by atoms with van der Waals surface area (Å²) in [7, 11) is 3.72. The van der Waals surface area contributed by atoms with Crippen molar-refractivity contribution in [2.45, 2.75) is 25.7 Å². The van der Waals surface area contributed by atoms with E-state index in [1.165, 1.54) is 0 Å². The molecule has 1 aliphatic heterocycles. The topological polar surface area (TPSA) is 49.4 Å². The van der Waals surface area contributed by atoms with E-state index >= 15 is 0 Å². The average Bonchev–Trinajstić information content (AvgIpc) is 2.23. The fraction of sp³-hybridized carbons (Fsp3) is 0.818. The maximum atomic E-state index is 11.4. The third-order valence-corrected chi connectivity index (χ3v) is 3.38. The fourth-order valence-electron chi connectivity index (χ4n) is 2.15. The summed E-state index contributed by atoms with van der Waals surface area (Å²) in [4.78, 5) is 24.3. The van der Waals surface area contributed by atoms with E-state index in [1.807, 2.05) is 0 Å². The lowest BCUT2D eigenvalue weighted by atomic mass is 9.73. The number of amides is 1. The Bertz CT molecular complexity index is 233.